The molecule has 2 rings (SSSR count). The highest BCUT2D eigenvalue weighted by atomic mass is 31.2. The minimum Gasteiger partial charge on any atom is -0.319 e. The Morgan fingerprint density at radius 1 is 0.864 bits per heavy atom. The smallest absolute Gasteiger partial charge is 0.319 e. The Labute approximate surface area is 126 Å². The number of rotatable bonds is 4. The van der Waals surface area contributed by atoms with Gasteiger partial charge < -0.3 is 19.6 Å². The molecule has 0 fully saturated rings. The molecule has 2 aromatic rings. The first kappa shape index (κ1) is 17.0. The molecule has 0 saturated carbocycles. The molecule has 0 spiro atoms. The monoisotopic (exact) mass is 346 g/mol. The summed E-state index contributed by atoms with van der Waals surface area (Å²) in [7, 11) is -10.4. The summed E-state index contributed by atoms with van der Waals surface area (Å²) in [6.07, 6.45) is 4.44. The zero-order valence-electron chi connectivity index (χ0n) is 11.6. The Kier molecular flexibility index (Phi) is 4.37. The lowest BCUT2D eigenvalue weighted by molar-refractivity contribution is -0.805. The average molecular weight is 346 g/mol. The van der Waals surface area contributed by atoms with Crippen molar-refractivity contribution in [2.24, 2.45) is 0 Å². The molecule has 0 aliphatic rings. The molecule has 22 heavy (non-hydrogen) atoms. The molecule has 2 heterocycles. The van der Waals surface area contributed by atoms with Crippen molar-refractivity contribution in [1.82, 2.24) is 0 Å². The van der Waals surface area contributed by atoms with Crippen LogP contribution >= 0.6 is 15.2 Å². The number of nitrogens with zero attached hydrogens (tertiary/aromatic N) is 2. The molecule has 0 amide bonds. The van der Waals surface area contributed by atoms with Gasteiger partial charge in [0.05, 0.1) is 6.07 Å². The molecule has 8 nitrogen and oxygen atoms in total. The maximum absolute atomic E-state index is 11.9. The lowest BCUT2D eigenvalue weighted by Gasteiger charge is -2.25. The number of aromatic nitrogens is 2. The van der Waals surface area contributed by atoms with Crippen LogP contribution in [0.1, 0.15) is 6.92 Å². The molecule has 0 aliphatic heterocycles. The van der Waals surface area contributed by atoms with Gasteiger partial charge in [-0.1, -0.05) is 6.07 Å². The lowest BCUT2D eigenvalue weighted by Crippen LogP contribution is -2.60. The molecule has 0 unspecified atom stereocenters. The summed E-state index contributed by atoms with van der Waals surface area (Å²) in [5.74, 6) is 0.206. The molecule has 0 aromatic carbocycles. The molecule has 0 radical (unpaired) electrons. The maximum Gasteiger partial charge on any atom is 0.450 e. The lowest BCUT2D eigenvalue weighted by atomic mass is 10.4. The van der Waals surface area contributed by atoms with E-state index in [0.717, 1.165) is 11.5 Å². The second kappa shape index (κ2) is 5.66. The van der Waals surface area contributed by atoms with Crippen LogP contribution in [0.2, 0.25) is 0 Å². The van der Waals surface area contributed by atoms with Crippen LogP contribution in [0.4, 0.5) is 0 Å². The SMILES string of the molecule is CC([n+]1ccccc1-[n+]1ccccc1)(P(=O)(O)O)P(=O)(O)O. The minimum atomic E-state index is -5.19. The van der Waals surface area contributed by atoms with Gasteiger partial charge in [-0.15, -0.1) is 9.13 Å². The Balaban J connectivity index is 2.82. The van der Waals surface area contributed by atoms with E-state index in [1.807, 2.05) is 0 Å². The van der Waals surface area contributed by atoms with Crippen molar-refractivity contribution in [2.75, 3.05) is 0 Å². The van der Waals surface area contributed by atoms with Crippen LogP contribution < -0.4 is 9.13 Å². The van der Waals surface area contributed by atoms with Gasteiger partial charge in [0.25, 0.3) is 0 Å². The zero-order chi connectivity index (χ0) is 16.6. The fourth-order valence-corrected chi connectivity index (χ4v) is 4.26. The third-order valence-corrected chi connectivity index (χ3v) is 7.58. The van der Waals surface area contributed by atoms with E-state index in [-0.39, 0.29) is 5.82 Å². The van der Waals surface area contributed by atoms with E-state index >= 15 is 0 Å². The molecule has 0 aliphatic carbocycles. The fourth-order valence-electron chi connectivity index (χ4n) is 2.00. The van der Waals surface area contributed by atoms with Crippen LogP contribution in [0, 0.1) is 0 Å². The summed E-state index contributed by atoms with van der Waals surface area (Å²) >= 11 is 0. The molecule has 0 atom stereocenters. The van der Waals surface area contributed by atoms with Crippen LogP contribution in [0.3, 0.4) is 0 Å². The Morgan fingerprint density at radius 2 is 1.36 bits per heavy atom. The average Bonchev–Trinajstić information content (AvgIpc) is 2.45. The van der Waals surface area contributed by atoms with Crippen molar-refractivity contribution >= 4 is 15.2 Å². The van der Waals surface area contributed by atoms with Gasteiger partial charge in [-0.2, -0.15) is 0 Å². The normalized spacial score (nSPS) is 13.1. The van der Waals surface area contributed by atoms with E-state index in [9.17, 15) is 28.7 Å². The van der Waals surface area contributed by atoms with Gasteiger partial charge in [-0.05, 0) is 6.07 Å². The highest BCUT2D eigenvalue weighted by Gasteiger charge is 2.67. The standard InChI is InChI=1S/C12H14N2O6P2/c1-12(21(15,16)17,22(18,19)20)14-10-6-3-7-11(14)13-8-4-2-5-9-13/h2-10H,1H3,(H2-2,15,16,17,18,19,20)/p+2. The van der Waals surface area contributed by atoms with Gasteiger partial charge in [0.15, 0.2) is 18.6 Å². The van der Waals surface area contributed by atoms with E-state index < -0.39 is 20.2 Å². The first-order chi connectivity index (χ1) is 10.1. The van der Waals surface area contributed by atoms with Crippen molar-refractivity contribution in [2.45, 2.75) is 11.9 Å². The summed E-state index contributed by atoms with van der Waals surface area (Å²) in [6, 6.07) is 9.66. The molecule has 2 aromatic heterocycles. The maximum atomic E-state index is 11.9. The minimum absolute atomic E-state index is 0.206. The second-order valence-corrected chi connectivity index (χ2v) is 9.04. The number of hydrogen-bond acceptors (Lipinski definition) is 2. The first-order valence-corrected chi connectivity index (χ1v) is 9.40. The Bertz CT molecular complexity index is 748. The summed E-state index contributed by atoms with van der Waals surface area (Å²) in [6.45, 7) is 0.849. The van der Waals surface area contributed by atoms with Gasteiger partial charge in [-0.3, -0.25) is 9.13 Å². The molecular weight excluding hydrogens is 330 g/mol. The van der Waals surface area contributed by atoms with E-state index in [0.29, 0.717) is 0 Å². The summed E-state index contributed by atoms with van der Waals surface area (Å²) in [4.78, 5) is 38.3. The van der Waals surface area contributed by atoms with Crippen molar-refractivity contribution in [3.8, 4) is 5.82 Å². The van der Waals surface area contributed by atoms with Gasteiger partial charge >= 0.3 is 26.0 Å². The van der Waals surface area contributed by atoms with Crippen molar-refractivity contribution < 1.29 is 37.8 Å². The predicted molar refractivity (Wildman–Crippen MR) is 75.9 cm³/mol. The van der Waals surface area contributed by atoms with E-state index in [1.165, 1.54) is 22.9 Å². The molecule has 0 bridgehead atoms. The Hall–Kier alpha value is -1.40. The third-order valence-electron chi connectivity index (χ3n) is 3.38. The van der Waals surface area contributed by atoms with E-state index in [1.54, 1.807) is 36.7 Å². The topological polar surface area (TPSA) is 123 Å². The van der Waals surface area contributed by atoms with E-state index in [2.05, 4.69) is 0 Å². The molecule has 0 saturated heterocycles. The van der Waals surface area contributed by atoms with Gasteiger partial charge in [0.1, 0.15) is 0 Å². The fraction of sp³-hybridized carbons (Fsp3) is 0.167. The second-order valence-electron chi connectivity index (χ2n) is 4.77. The number of pyridine rings is 2. The van der Waals surface area contributed by atoms with Gasteiger partial charge in [0.2, 0.25) is 0 Å². The summed E-state index contributed by atoms with van der Waals surface area (Å²) < 4.78 is 26.1. The zero-order valence-corrected chi connectivity index (χ0v) is 13.4. The Morgan fingerprint density at radius 3 is 1.86 bits per heavy atom. The van der Waals surface area contributed by atoms with Crippen LogP contribution in [-0.4, -0.2) is 19.6 Å². The largest absolute Gasteiger partial charge is 0.450 e. The highest BCUT2D eigenvalue weighted by molar-refractivity contribution is 7.70. The highest BCUT2D eigenvalue weighted by Crippen LogP contribution is 2.69. The molecule has 10 heteroatoms. The van der Waals surface area contributed by atoms with E-state index in [4.69, 9.17) is 0 Å². The van der Waals surface area contributed by atoms with Crippen LogP contribution in [-0.2, 0) is 14.2 Å². The predicted octanol–water partition coefficient (Wildman–Crippen LogP) is 0.236. The molecule has 118 valence electrons. The van der Waals surface area contributed by atoms with Crippen molar-refractivity contribution in [1.29, 1.82) is 0 Å². The van der Waals surface area contributed by atoms with Crippen molar-refractivity contribution in [3.05, 3.63) is 55.0 Å². The quantitative estimate of drug-likeness (QED) is 0.464. The summed E-state index contributed by atoms with van der Waals surface area (Å²) in [5.41, 5.74) is 0. The number of hydrogen-bond donors (Lipinski definition) is 4. The van der Waals surface area contributed by atoms with Crippen molar-refractivity contribution in [3.63, 3.8) is 0 Å². The van der Waals surface area contributed by atoms with Gasteiger partial charge in [0, 0.05) is 25.1 Å². The third kappa shape index (κ3) is 2.77. The van der Waals surface area contributed by atoms with Crippen LogP contribution in [0.15, 0.2) is 55.0 Å². The van der Waals surface area contributed by atoms with Crippen LogP contribution in [0.5, 0.6) is 0 Å². The molecule has 4 N–H and O–H groups in total. The molecular formula is C12H16N2O6P2+2. The van der Waals surface area contributed by atoms with Crippen LogP contribution in [0.25, 0.3) is 5.82 Å². The van der Waals surface area contributed by atoms with Gasteiger partial charge in [-0.25, -0.2) is 0 Å². The summed E-state index contributed by atoms with van der Waals surface area (Å²) in [5, 5.41) is -2.71. The first-order valence-electron chi connectivity index (χ1n) is 6.18.